The van der Waals surface area contributed by atoms with Gasteiger partial charge in [-0.25, -0.2) is 4.98 Å². The van der Waals surface area contributed by atoms with E-state index in [-0.39, 0.29) is 5.91 Å². The maximum atomic E-state index is 11.8. The van der Waals surface area contributed by atoms with Gasteiger partial charge in [0.15, 0.2) is 0 Å². The highest BCUT2D eigenvalue weighted by Crippen LogP contribution is 2.23. The SMILES string of the molecule is Cc1ncc(CNC(=O)c2cc(N)c(C)s2)s1. The largest absolute Gasteiger partial charge is 0.398 e. The summed E-state index contributed by atoms with van der Waals surface area (Å²) in [4.78, 5) is 18.6. The van der Waals surface area contributed by atoms with Crippen molar-refractivity contribution >= 4 is 34.3 Å². The van der Waals surface area contributed by atoms with Gasteiger partial charge in [0.2, 0.25) is 0 Å². The lowest BCUT2D eigenvalue weighted by molar-refractivity contribution is 0.0955. The molecule has 2 heterocycles. The number of nitrogens with zero attached hydrogens (tertiary/aromatic N) is 1. The summed E-state index contributed by atoms with van der Waals surface area (Å²) in [5.74, 6) is -0.0825. The summed E-state index contributed by atoms with van der Waals surface area (Å²) in [5.41, 5.74) is 6.39. The first-order chi connectivity index (χ1) is 8.06. The number of anilines is 1. The van der Waals surface area contributed by atoms with E-state index in [1.807, 2.05) is 13.8 Å². The molecule has 0 saturated heterocycles. The van der Waals surface area contributed by atoms with E-state index >= 15 is 0 Å². The molecule has 0 fully saturated rings. The molecule has 1 amide bonds. The second kappa shape index (κ2) is 4.85. The van der Waals surface area contributed by atoms with Crippen molar-refractivity contribution < 1.29 is 4.79 Å². The fraction of sp³-hybridized carbons (Fsp3) is 0.273. The number of thiazole rings is 1. The number of aromatic nitrogens is 1. The third-order valence-electron chi connectivity index (χ3n) is 2.27. The first-order valence-electron chi connectivity index (χ1n) is 5.11. The Morgan fingerprint density at radius 2 is 2.24 bits per heavy atom. The number of hydrogen-bond acceptors (Lipinski definition) is 5. The van der Waals surface area contributed by atoms with Crippen molar-refractivity contribution in [3.8, 4) is 0 Å². The molecule has 2 aromatic heterocycles. The molecule has 90 valence electrons. The molecule has 0 aromatic carbocycles. The van der Waals surface area contributed by atoms with Crippen molar-refractivity contribution in [2.75, 3.05) is 5.73 Å². The van der Waals surface area contributed by atoms with Crippen molar-refractivity contribution in [2.45, 2.75) is 20.4 Å². The van der Waals surface area contributed by atoms with Crippen LogP contribution in [0.3, 0.4) is 0 Å². The number of nitrogens with one attached hydrogen (secondary N) is 1. The van der Waals surface area contributed by atoms with Crippen LogP contribution in [0.2, 0.25) is 0 Å². The standard InChI is InChI=1S/C11H13N3OS2/c1-6-9(12)3-10(16-6)11(15)14-5-8-4-13-7(2)17-8/h3-4H,5,12H2,1-2H3,(H,14,15). The highest BCUT2D eigenvalue weighted by Gasteiger charge is 2.10. The van der Waals surface area contributed by atoms with Gasteiger partial charge in [-0.2, -0.15) is 0 Å². The molecule has 6 heteroatoms. The molecule has 0 unspecified atom stereocenters. The van der Waals surface area contributed by atoms with Gasteiger partial charge >= 0.3 is 0 Å². The van der Waals surface area contributed by atoms with Gasteiger partial charge in [0, 0.05) is 21.6 Å². The van der Waals surface area contributed by atoms with Crippen LogP contribution in [-0.4, -0.2) is 10.9 Å². The fourth-order valence-electron chi connectivity index (χ4n) is 1.35. The number of nitrogen functional groups attached to an aromatic ring is 1. The highest BCUT2D eigenvalue weighted by molar-refractivity contribution is 7.14. The molecule has 17 heavy (non-hydrogen) atoms. The Labute approximate surface area is 107 Å². The molecule has 0 saturated carbocycles. The van der Waals surface area contributed by atoms with E-state index < -0.39 is 0 Å². The van der Waals surface area contributed by atoms with E-state index in [0.717, 1.165) is 14.8 Å². The summed E-state index contributed by atoms with van der Waals surface area (Å²) < 4.78 is 0. The minimum absolute atomic E-state index is 0.0825. The quantitative estimate of drug-likeness (QED) is 0.897. The van der Waals surface area contributed by atoms with Gasteiger partial charge in [-0.1, -0.05) is 0 Å². The predicted octanol–water partition coefficient (Wildman–Crippen LogP) is 2.33. The van der Waals surface area contributed by atoms with Crippen LogP contribution in [0.25, 0.3) is 0 Å². The van der Waals surface area contributed by atoms with Gasteiger partial charge < -0.3 is 11.1 Å². The van der Waals surface area contributed by atoms with Crippen LogP contribution in [0.1, 0.15) is 24.4 Å². The lowest BCUT2D eigenvalue weighted by Crippen LogP contribution is -2.21. The second-order valence-electron chi connectivity index (χ2n) is 3.65. The van der Waals surface area contributed by atoms with Gasteiger partial charge in [0.25, 0.3) is 5.91 Å². The van der Waals surface area contributed by atoms with E-state index in [2.05, 4.69) is 10.3 Å². The second-order valence-corrected chi connectivity index (χ2v) is 6.23. The van der Waals surface area contributed by atoms with Crippen molar-refractivity contribution in [1.29, 1.82) is 0 Å². The van der Waals surface area contributed by atoms with Gasteiger partial charge in [-0.15, -0.1) is 22.7 Å². The molecule has 0 bridgehead atoms. The van der Waals surface area contributed by atoms with Gasteiger partial charge in [-0.05, 0) is 19.9 Å². The average molecular weight is 267 g/mol. The zero-order valence-corrected chi connectivity index (χ0v) is 11.2. The molecule has 2 aromatic rings. The number of aryl methyl sites for hydroxylation is 2. The number of rotatable bonds is 3. The topological polar surface area (TPSA) is 68.0 Å². The molecule has 0 atom stereocenters. The summed E-state index contributed by atoms with van der Waals surface area (Å²) >= 11 is 3.00. The van der Waals surface area contributed by atoms with Crippen molar-refractivity contribution in [1.82, 2.24) is 10.3 Å². The van der Waals surface area contributed by atoms with Crippen molar-refractivity contribution in [3.05, 3.63) is 31.9 Å². The molecule has 4 nitrogen and oxygen atoms in total. The summed E-state index contributed by atoms with van der Waals surface area (Å²) in [6.07, 6.45) is 1.79. The Kier molecular flexibility index (Phi) is 3.44. The van der Waals surface area contributed by atoms with Crippen LogP contribution in [-0.2, 0) is 6.54 Å². The monoisotopic (exact) mass is 267 g/mol. The Balaban J connectivity index is 1.98. The maximum Gasteiger partial charge on any atom is 0.261 e. The Morgan fingerprint density at radius 1 is 1.47 bits per heavy atom. The molecule has 0 aliphatic carbocycles. The maximum absolute atomic E-state index is 11.8. The number of thiophene rings is 1. The van der Waals surface area contributed by atoms with Crippen molar-refractivity contribution in [2.24, 2.45) is 0 Å². The minimum atomic E-state index is -0.0825. The number of nitrogens with two attached hydrogens (primary N) is 1. The van der Waals surface area contributed by atoms with E-state index in [4.69, 9.17) is 5.73 Å². The molecular weight excluding hydrogens is 254 g/mol. The summed E-state index contributed by atoms with van der Waals surface area (Å²) in [6.45, 7) is 4.36. The average Bonchev–Trinajstić information content (AvgIpc) is 2.83. The third-order valence-corrected chi connectivity index (χ3v) is 4.25. The summed E-state index contributed by atoms with van der Waals surface area (Å²) in [5, 5.41) is 3.86. The van der Waals surface area contributed by atoms with E-state index in [9.17, 15) is 4.79 Å². The number of hydrogen-bond donors (Lipinski definition) is 2. The van der Waals surface area contributed by atoms with Crippen LogP contribution >= 0.6 is 22.7 Å². The van der Waals surface area contributed by atoms with Crippen LogP contribution in [0.4, 0.5) is 5.69 Å². The molecule has 3 N–H and O–H groups in total. The normalized spacial score (nSPS) is 10.5. The summed E-state index contributed by atoms with van der Waals surface area (Å²) in [7, 11) is 0. The molecule has 0 aliphatic rings. The first-order valence-corrected chi connectivity index (χ1v) is 6.75. The van der Waals surface area contributed by atoms with Crippen LogP contribution < -0.4 is 11.1 Å². The Bertz CT molecular complexity index is 525. The van der Waals surface area contributed by atoms with Gasteiger partial charge in [-0.3, -0.25) is 4.79 Å². The smallest absolute Gasteiger partial charge is 0.261 e. The number of carbonyl (C=O) groups excluding carboxylic acids is 1. The lowest BCUT2D eigenvalue weighted by Gasteiger charge is -1.99. The molecule has 0 spiro atoms. The first kappa shape index (κ1) is 12.1. The van der Waals surface area contributed by atoms with E-state index in [1.165, 1.54) is 11.3 Å². The number of amides is 1. The summed E-state index contributed by atoms with van der Waals surface area (Å²) in [6, 6.07) is 1.72. The van der Waals surface area contributed by atoms with Gasteiger partial charge in [0.05, 0.1) is 16.4 Å². The van der Waals surface area contributed by atoms with Crippen LogP contribution in [0, 0.1) is 13.8 Å². The Morgan fingerprint density at radius 3 is 2.76 bits per heavy atom. The van der Waals surface area contributed by atoms with Gasteiger partial charge in [0.1, 0.15) is 0 Å². The van der Waals surface area contributed by atoms with Crippen molar-refractivity contribution in [3.63, 3.8) is 0 Å². The minimum Gasteiger partial charge on any atom is -0.398 e. The lowest BCUT2D eigenvalue weighted by atomic mass is 10.3. The molecular formula is C11H13N3OS2. The molecule has 0 radical (unpaired) electrons. The predicted molar refractivity (Wildman–Crippen MR) is 71.5 cm³/mol. The molecule has 2 rings (SSSR count). The zero-order chi connectivity index (χ0) is 12.4. The third kappa shape index (κ3) is 2.83. The fourth-order valence-corrected chi connectivity index (χ4v) is 2.94. The molecule has 0 aliphatic heterocycles. The Hall–Kier alpha value is -1.40. The number of carbonyl (C=O) groups is 1. The van der Waals surface area contributed by atoms with Crippen LogP contribution in [0.5, 0.6) is 0 Å². The van der Waals surface area contributed by atoms with E-state index in [0.29, 0.717) is 17.1 Å². The highest BCUT2D eigenvalue weighted by atomic mass is 32.1. The van der Waals surface area contributed by atoms with E-state index in [1.54, 1.807) is 23.6 Å². The van der Waals surface area contributed by atoms with Crippen LogP contribution in [0.15, 0.2) is 12.3 Å². The zero-order valence-electron chi connectivity index (χ0n) is 9.61.